The van der Waals surface area contributed by atoms with Crippen molar-refractivity contribution in [2.75, 3.05) is 0 Å². The number of ketones is 1. The van der Waals surface area contributed by atoms with Crippen molar-refractivity contribution in [3.8, 4) is 0 Å². The molecule has 1 aromatic heterocycles. The number of hydrogen-bond acceptors (Lipinski definition) is 5. The van der Waals surface area contributed by atoms with Crippen LogP contribution in [0.2, 0.25) is 0 Å². The maximum atomic E-state index is 12.4. The van der Waals surface area contributed by atoms with Gasteiger partial charge in [0.2, 0.25) is 0 Å². The van der Waals surface area contributed by atoms with E-state index in [1.807, 2.05) is 19.1 Å². The zero-order valence-corrected chi connectivity index (χ0v) is 14.6. The fraction of sp³-hybridized carbons (Fsp3) is 0.0526. The molecular formula is C19H14N2O4S. The van der Waals surface area contributed by atoms with Gasteiger partial charge in [0.25, 0.3) is 11.2 Å². The number of benzene rings is 2. The minimum Gasteiger partial charge on any atom is -0.313 e. The summed E-state index contributed by atoms with van der Waals surface area (Å²) in [6, 6.07) is 13.1. The Hall–Kier alpha value is -3.32. The van der Waals surface area contributed by atoms with E-state index in [9.17, 15) is 19.7 Å². The molecular weight excluding hydrogens is 352 g/mol. The number of hydrogen-bond donors (Lipinski definition) is 1. The van der Waals surface area contributed by atoms with Crippen LogP contribution in [0.4, 0.5) is 5.69 Å². The first-order valence-electron chi connectivity index (χ1n) is 7.71. The molecule has 7 heteroatoms. The van der Waals surface area contributed by atoms with E-state index >= 15 is 0 Å². The second kappa shape index (κ2) is 7.28. The number of thiazole rings is 1. The van der Waals surface area contributed by atoms with Gasteiger partial charge in [-0.25, -0.2) is 0 Å². The SMILES string of the molecule is Cc1ccccc1C(=O)/C=c1\[nH]c(=O)/c(=C\c2ccc([N+](=O)[O-])cc2)s1. The highest BCUT2D eigenvalue weighted by molar-refractivity contribution is 7.07. The van der Waals surface area contributed by atoms with Gasteiger partial charge in [0.1, 0.15) is 0 Å². The van der Waals surface area contributed by atoms with Gasteiger partial charge in [-0.2, -0.15) is 0 Å². The van der Waals surface area contributed by atoms with Crippen LogP contribution in [0.1, 0.15) is 21.5 Å². The summed E-state index contributed by atoms with van der Waals surface area (Å²) in [7, 11) is 0. The third-order valence-corrected chi connectivity index (χ3v) is 4.72. The first-order valence-corrected chi connectivity index (χ1v) is 8.53. The number of carbonyl (C=O) groups excluding carboxylic acids is 1. The minimum absolute atomic E-state index is 0.0138. The van der Waals surface area contributed by atoms with Gasteiger partial charge in [-0.3, -0.25) is 19.7 Å². The number of nitrogens with one attached hydrogen (secondary N) is 1. The first kappa shape index (κ1) is 17.5. The lowest BCUT2D eigenvalue weighted by molar-refractivity contribution is -0.384. The van der Waals surface area contributed by atoms with Crippen molar-refractivity contribution in [3.05, 3.63) is 94.9 Å². The van der Waals surface area contributed by atoms with Crippen LogP contribution >= 0.6 is 11.3 Å². The van der Waals surface area contributed by atoms with E-state index in [0.717, 1.165) is 16.9 Å². The molecule has 0 unspecified atom stereocenters. The molecule has 0 atom stereocenters. The van der Waals surface area contributed by atoms with Gasteiger partial charge in [0.15, 0.2) is 5.78 Å². The topological polar surface area (TPSA) is 93.1 Å². The molecule has 26 heavy (non-hydrogen) atoms. The summed E-state index contributed by atoms with van der Waals surface area (Å²) < 4.78 is 0.874. The van der Waals surface area contributed by atoms with Crippen molar-refractivity contribution < 1.29 is 9.72 Å². The number of Topliss-reactive ketones (excluding diaryl/α,β-unsaturated/α-hetero) is 1. The van der Waals surface area contributed by atoms with Crippen LogP contribution in [-0.4, -0.2) is 15.7 Å². The van der Waals surface area contributed by atoms with Crippen LogP contribution in [0, 0.1) is 17.0 Å². The van der Waals surface area contributed by atoms with Crippen molar-refractivity contribution in [2.24, 2.45) is 0 Å². The molecule has 0 radical (unpaired) electrons. The summed E-state index contributed by atoms with van der Waals surface area (Å²) in [6.45, 7) is 1.85. The van der Waals surface area contributed by atoms with Crippen molar-refractivity contribution in [3.63, 3.8) is 0 Å². The Morgan fingerprint density at radius 3 is 2.50 bits per heavy atom. The van der Waals surface area contributed by atoms with Crippen molar-refractivity contribution in [1.29, 1.82) is 0 Å². The molecule has 0 spiro atoms. The Kier molecular flexibility index (Phi) is 4.90. The molecule has 3 rings (SSSR count). The average molecular weight is 366 g/mol. The molecule has 0 bridgehead atoms. The molecule has 0 saturated heterocycles. The highest BCUT2D eigenvalue weighted by Crippen LogP contribution is 2.12. The predicted octanol–water partition coefficient (Wildman–Crippen LogP) is 2.15. The lowest BCUT2D eigenvalue weighted by Gasteiger charge is -1.99. The zero-order chi connectivity index (χ0) is 18.7. The monoisotopic (exact) mass is 366 g/mol. The number of non-ortho nitro benzene ring substituents is 1. The zero-order valence-electron chi connectivity index (χ0n) is 13.8. The number of carbonyl (C=O) groups is 1. The summed E-state index contributed by atoms with van der Waals surface area (Å²) in [5.74, 6) is -0.178. The van der Waals surface area contributed by atoms with Crippen LogP contribution in [-0.2, 0) is 0 Å². The van der Waals surface area contributed by atoms with Crippen LogP contribution < -0.4 is 14.8 Å². The van der Waals surface area contributed by atoms with E-state index in [0.29, 0.717) is 20.3 Å². The standard InChI is InChI=1S/C19H14N2O4S/c1-12-4-2-3-5-15(12)16(22)11-18-20-19(23)17(26-18)10-13-6-8-14(9-7-13)21(24)25/h2-11H,1H3,(H,20,23)/b17-10+,18-11+. The highest BCUT2D eigenvalue weighted by atomic mass is 32.1. The second-order valence-electron chi connectivity index (χ2n) is 5.60. The van der Waals surface area contributed by atoms with Gasteiger partial charge in [0.05, 0.1) is 14.1 Å². The first-order chi connectivity index (χ1) is 12.4. The third-order valence-electron chi connectivity index (χ3n) is 3.75. The fourth-order valence-electron chi connectivity index (χ4n) is 2.41. The van der Waals surface area contributed by atoms with Gasteiger partial charge in [-0.1, -0.05) is 24.3 Å². The maximum Gasteiger partial charge on any atom is 0.269 e. The summed E-state index contributed by atoms with van der Waals surface area (Å²) in [5.41, 5.74) is 1.80. The van der Waals surface area contributed by atoms with E-state index < -0.39 is 4.92 Å². The molecule has 1 N–H and O–H groups in total. The average Bonchev–Trinajstić information content (AvgIpc) is 2.94. The highest BCUT2D eigenvalue weighted by Gasteiger charge is 2.06. The molecule has 0 saturated carbocycles. The Morgan fingerprint density at radius 1 is 1.15 bits per heavy atom. The molecule has 0 aliphatic carbocycles. The van der Waals surface area contributed by atoms with Gasteiger partial charge in [0, 0.05) is 23.8 Å². The molecule has 3 aromatic rings. The summed E-state index contributed by atoms with van der Waals surface area (Å²) in [5, 5.41) is 10.7. The maximum absolute atomic E-state index is 12.4. The predicted molar refractivity (Wildman–Crippen MR) is 101 cm³/mol. The minimum atomic E-state index is -0.480. The van der Waals surface area contributed by atoms with E-state index in [2.05, 4.69) is 4.98 Å². The molecule has 1 heterocycles. The Balaban J connectivity index is 1.96. The summed E-state index contributed by atoms with van der Waals surface area (Å²) in [4.78, 5) is 37.3. The van der Waals surface area contributed by atoms with Crippen LogP contribution in [0.25, 0.3) is 12.2 Å². The normalized spacial score (nSPS) is 12.3. The van der Waals surface area contributed by atoms with Crippen LogP contribution in [0.3, 0.4) is 0 Å². The van der Waals surface area contributed by atoms with Gasteiger partial charge in [-0.05, 0) is 36.3 Å². The fourth-order valence-corrected chi connectivity index (χ4v) is 3.30. The molecule has 2 aromatic carbocycles. The number of aromatic amines is 1. The largest absolute Gasteiger partial charge is 0.313 e. The second-order valence-corrected chi connectivity index (χ2v) is 6.68. The third kappa shape index (κ3) is 3.84. The van der Waals surface area contributed by atoms with Crippen molar-refractivity contribution >= 4 is 35.0 Å². The lowest BCUT2D eigenvalue weighted by atomic mass is 10.1. The number of H-pyrrole nitrogens is 1. The number of rotatable bonds is 4. The van der Waals surface area contributed by atoms with Crippen LogP contribution in [0.5, 0.6) is 0 Å². The van der Waals surface area contributed by atoms with E-state index in [-0.39, 0.29) is 17.0 Å². The van der Waals surface area contributed by atoms with Crippen LogP contribution in [0.15, 0.2) is 53.3 Å². The molecule has 130 valence electrons. The number of nitro groups is 1. The number of nitrogens with zero attached hydrogens (tertiary/aromatic N) is 1. The number of nitro benzene ring substituents is 1. The Labute approximate surface area is 151 Å². The molecule has 0 aliphatic heterocycles. The summed E-state index contributed by atoms with van der Waals surface area (Å²) in [6.07, 6.45) is 3.03. The van der Waals surface area contributed by atoms with Gasteiger partial charge < -0.3 is 4.98 Å². The molecule has 0 aliphatic rings. The van der Waals surface area contributed by atoms with Crippen molar-refractivity contribution in [1.82, 2.24) is 4.98 Å². The molecule has 0 fully saturated rings. The van der Waals surface area contributed by atoms with E-state index in [1.54, 1.807) is 30.3 Å². The number of aromatic nitrogens is 1. The van der Waals surface area contributed by atoms with E-state index in [1.165, 1.54) is 18.2 Å². The van der Waals surface area contributed by atoms with Gasteiger partial charge in [-0.15, -0.1) is 11.3 Å². The quantitative estimate of drug-likeness (QED) is 0.435. The van der Waals surface area contributed by atoms with Crippen molar-refractivity contribution in [2.45, 2.75) is 6.92 Å². The van der Waals surface area contributed by atoms with E-state index in [4.69, 9.17) is 0 Å². The number of aryl methyl sites for hydroxylation is 1. The Morgan fingerprint density at radius 2 is 1.85 bits per heavy atom. The molecule has 0 amide bonds. The van der Waals surface area contributed by atoms with Gasteiger partial charge >= 0.3 is 0 Å². The summed E-state index contributed by atoms with van der Waals surface area (Å²) >= 11 is 1.16. The lowest BCUT2D eigenvalue weighted by Crippen LogP contribution is -2.20. The Bertz CT molecular complexity index is 1160. The molecule has 6 nitrogen and oxygen atoms in total. The smallest absolute Gasteiger partial charge is 0.269 e.